The van der Waals surface area contributed by atoms with E-state index in [1.54, 1.807) is 12.1 Å². The van der Waals surface area contributed by atoms with Gasteiger partial charge in [0.2, 0.25) is 10.0 Å². The topological polar surface area (TPSA) is 75.4 Å². The Morgan fingerprint density at radius 3 is 2.43 bits per heavy atom. The molecule has 0 aliphatic heterocycles. The molecule has 0 aliphatic rings. The third-order valence-electron chi connectivity index (χ3n) is 3.10. The summed E-state index contributed by atoms with van der Waals surface area (Å²) in [6.45, 7) is 1.99. The van der Waals surface area contributed by atoms with E-state index in [4.69, 9.17) is 5.73 Å². The fraction of sp³-hybridized carbons (Fsp3) is 0.200. The smallest absolute Gasteiger partial charge is 0.242 e. The average Bonchev–Trinajstić information content (AvgIpc) is 2.41. The number of benzene rings is 2. The highest BCUT2D eigenvalue weighted by molar-refractivity contribution is 7.89. The predicted molar refractivity (Wildman–Crippen MR) is 86.2 cm³/mol. The molecule has 0 radical (unpaired) electrons. The number of nitrogens with one attached hydrogen (secondary N) is 1. The maximum Gasteiger partial charge on any atom is 0.242 e. The van der Waals surface area contributed by atoms with Crippen LogP contribution in [0.15, 0.2) is 47.4 Å². The number of nitrogens with zero attached hydrogens (tertiary/aromatic N) is 1. The zero-order chi connectivity index (χ0) is 15.6. The maximum absolute atomic E-state index is 12.2. The number of sulfonamides is 1. The van der Waals surface area contributed by atoms with Crippen molar-refractivity contribution >= 4 is 27.1 Å². The number of hydrogen-bond donors (Lipinski definition) is 2. The van der Waals surface area contributed by atoms with Crippen LogP contribution in [0, 0.1) is 6.92 Å². The Hall–Kier alpha value is -2.05. The van der Waals surface area contributed by atoms with E-state index in [2.05, 4.69) is 5.32 Å². The van der Waals surface area contributed by atoms with Crippen LogP contribution < -0.4 is 11.1 Å². The summed E-state index contributed by atoms with van der Waals surface area (Å²) in [5.41, 5.74) is 8.96. The Bertz CT molecular complexity index is 755. The van der Waals surface area contributed by atoms with Crippen molar-refractivity contribution in [3.8, 4) is 0 Å². The van der Waals surface area contributed by atoms with Gasteiger partial charge >= 0.3 is 0 Å². The number of anilines is 3. The minimum absolute atomic E-state index is 0.205. The van der Waals surface area contributed by atoms with E-state index >= 15 is 0 Å². The molecule has 21 heavy (non-hydrogen) atoms. The summed E-state index contributed by atoms with van der Waals surface area (Å²) < 4.78 is 25.5. The molecule has 0 aromatic heterocycles. The van der Waals surface area contributed by atoms with Crippen LogP contribution in [-0.4, -0.2) is 26.8 Å². The molecule has 0 amide bonds. The van der Waals surface area contributed by atoms with Crippen molar-refractivity contribution < 1.29 is 8.42 Å². The van der Waals surface area contributed by atoms with Gasteiger partial charge in [0.25, 0.3) is 0 Å². The summed E-state index contributed by atoms with van der Waals surface area (Å²) >= 11 is 0. The van der Waals surface area contributed by atoms with Crippen molar-refractivity contribution in [1.29, 1.82) is 0 Å². The van der Waals surface area contributed by atoms with E-state index in [9.17, 15) is 8.42 Å². The van der Waals surface area contributed by atoms with E-state index in [1.165, 1.54) is 24.5 Å². The van der Waals surface area contributed by atoms with E-state index in [0.717, 1.165) is 11.3 Å². The SMILES string of the molecule is Cc1cccc(Nc2cc(S(=O)(=O)N(C)C)ccc2N)c1. The third-order valence-corrected chi connectivity index (χ3v) is 4.91. The van der Waals surface area contributed by atoms with Crippen molar-refractivity contribution in [3.05, 3.63) is 48.0 Å². The van der Waals surface area contributed by atoms with Gasteiger partial charge < -0.3 is 11.1 Å². The quantitative estimate of drug-likeness (QED) is 0.851. The first-order chi connectivity index (χ1) is 9.80. The zero-order valence-corrected chi connectivity index (χ0v) is 13.1. The lowest BCUT2D eigenvalue weighted by Crippen LogP contribution is -2.22. The van der Waals surface area contributed by atoms with Crippen LogP contribution in [0.3, 0.4) is 0 Å². The molecule has 0 aliphatic carbocycles. The van der Waals surface area contributed by atoms with Crippen LogP contribution in [0.25, 0.3) is 0 Å². The van der Waals surface area contributed by atoms with Gasteiger partial charge in [-0.1, -0.05) is 12.1 Å². The molecule has 0 bridgehead atoms. The Balaban J connectivity index is 2.41. The molecule has 2 rings (SSSR count). The summed E-state index contributed by atoms with van der Waals surface area (Å²) in [5, 5.41) is 3.16. The second kappa shape index (κ2) is 5.75. The standard InChI is InChI=1S/C15H19N3O2S/c1-11-5-4-6-12(9-11)17-15-10-13(7-8-14(15)16)21(19,20)18(2)3/h4-10,17H,16H2,1-3H3. The van der Waals surface area contributed by atoms with Crippen molar-refractivity contribution in [3.63, 3.8) is 0 Å². The van der Waals surface area contributed by atoms with Crippen LogP contribution >= 0.6 is 0 Å². The summed E-state index contributed by atoms with van der Waals surface area (Å²) in [4.78, 5) is 0.205. The highest BCUT2D eigenvalue weighted by Crippen LogP contribution is 2.27. The van der Waals surface area contributed by atoms with Crippen molar-refractivity contribution in [2.75, 3.05) is 25.1 Å². The molecule has 0 saturated carbocycles. The number of nitrogen functional groups attached to an aromatic ring is 1. The minimum atomic E-state index is -3.48. The van der Waals surface area contributed by atoms with Crippen LogP contribution in [-0.2, 0) is 10.0 Å². The monoisotopic (exact) mass is 305 g/mol. The van der Waals surface area contributed by atoms with Crippen LogP contribution in [0.2, 0.25) is 0 Å². The number of aryl methyl sites for hydroxylation is 1. The van der Waals surface area contributed by atoms with Gasteiger partial charge in [-0.3, -0.25) is 0 Å². The van der Waals surface area contributed by atoms with Gasteiger partial charge in [-0.25, -0.2) is 12.7 Å². The van der Waals surface area contributed by atoms with Gasteiger partial charge in [0, 0.05) is 19.8 Å². The molecule has 2 aromatic rings. The molecule has 2 aromatic carbocycles. The molecule has 0 fully saturated rings. The molecular formula is C15H19N3O2S. The minimum Gasteiger partial charge on any atom is -0.397 e. The Labute approximate surface area is 125 Å². The summed E-state index contributed by atoms with van der Waals surface area (Å²) in [7, 11) is -0.480. The van der Waals surface area contributed by atoms with E-state index in [1.807, 2.05) is 31.2 Å². The third kappa shape index (κ3) is 3.34. The fourth-order valence-electron chi connectivity index (χ4n) is 1.89. The first kappa shape index (κ1) is 15.3. The second-order valence-corrected chi connectivity index (χ2v) is 7.18. The molecule has 112 valence electrons. The van der Waals surface area contributed by atoms with Gasteiger partial charge in [0.15, 0.2) is 0 Å². The van der Waals surface area contributed by atoms with Gasteiger partial charge in [0.05, 0.1) is 16.3 Å². The summed E-state index contributed by atoms with van der Waals surface area (Å²) in [5.74, 6) is 0. The zero-order valence-electron chi connectivity index (χ0n) is 12.3. The molecule has 0 saturated heterocycles. The van der Waals surface area contributed by atoms with Crippen LogP contribution in [0.4, 0.5) is 17.1 Å². The Kier molecular flexibility index (Phi) is 4.20. The normalized spacial score (nSPS) is 11.6. The predicted octanol–water partition coefficient (Wildman–Crippen LogP) is 2.57. The van der Waals surface area contributed by atoms with E-state index in [0.29, 0.717) is 11.4 Å². The molecule has 0 heterocycles. The Morgan fingerprint density at radius 2 is 1.81 bits per heavy atom. The number of rotatable bonds is 4. The van der Waals surface area contributed by atoms with Crippen molar-refractivity contribution in [2.45, 2.75) is 11.8 Å². The maximum atomic E-state index is 12.2. The second-order valence-electron chi connectivity index (χ2n) is 5.03. The largest absolute Gasteiger partial charge is 0.397 e. The lowest BCUT2D eigenvalue weighted by atomic mass is 10.2. The van der Waals surface area contributed by atoms with E-state index in [-0.39, 0.29) is 4.90 Å². The van der Waals surface area contributed by atoms with Gasteiger partial charge in [-0.05, 0) is 42.8 Å². The van der Waals surface area contributed by atoms with Crippen molar-refractivity contribution in [1.82, 2.24) is 4.31 Å². The molecule has 0 spiro atoms. The Morgan fingerprint density at radius 1 is 1.10 bits per heavy atom. The molecule has 6 heteroatoms. The lowest BCUT2D eigenvalue weighted by Gasteiger charge is -2.15. The summed E-state index contributed by atoms with van der Waals surface area (Å²) in [6.07, 6.45) is 0. The molecule has 0 atom stereocenters. The van der Waals surface area contributed by atoms with Gasteiger partial charge in [0.1, 0.15) is 0 Å². The van der Waals surface area contributed by atoms with Gasteiger partial charge in [-0.15, -0.1) is 0 Å². The van der Waals surface area contributed by atoms with Crippen molar-refractivity contribution in [2.24, 2.45) is 0 Å². The molecule has 5 nitrogen and oxygen atoms in total. The highest BCUT2D eigenvalue weighted by atomic mass is 32.2. The first-order valence-electron chi connectivity index (χ1n) is 6.46. The fourth-order valence-corrected chi connectivity index (χ4v) is 2.82. The molecule has 3 N–H and O–H groups in total. The average molecular weight is 305 g/mol. The molecular weight excluding hydrogens is 286 g/mol. The lowest BCUT2D eigenvalue weighted by molar-refractivity contribution is 0.521. The van der Waals surface area contributed by atoms with Gasteiger partial charge in [-0.2, -0.15) is 0 Å². The highest BCUT2D eigenvalue weighted by Gasteiger charge is 2.18. The summed E-state index contributed by atoms with van der Waals surface area (Å²) in [6, 6.07) is 12.4. The molecule has 0 unspecified atom stereocenters. The van der Waals surface area contributed by atoms with E-state index < -0.39 is 10.0 Å². The number of hydrogen-bond acceptors (Lipinski definition) is 4. The van der Waals surface area contributed by atoms with Crippen LogP contribution in [0.5, 0.6) is 0 Å². The number of nitrogens with two attached hydrogens (primary N) is 1. The van der Waals surface area contributed by atoms with Crippen LogP contribution in [0.1, 0.15) is 5.56 Å². The first-order valence-corrected chi connectivity index (χ1v) is 7.90.